The third kappa shape index (κ3) is 3.93. The van der Waals surface area contributed by atoms with Gasteiger partial charge >= 0.3 is 11.8 Å². The summed E-state index contributed by atoms with van der Waals surface area (Å²) in [6.07, 6.45) is 0. The first-order chi connectivity index (χ1) is 14.0. The van der Waals surface area contributed by atoms with Gasteiger partial charge in [-0.05, 0) is 42.8 Å². The number of carbonyl (C=O) groups is 2. The normalized spacial score (nSPS) is 13.0. The van der Waals surface area contributed by atoms with E-state index >= 15 is 0 Å². The molecule has 2 amide bonds. The predicted octanol–water partition coefficient (Wildman–Crippen LogP) is 3.07. The van der Waals surface area contributed by atoms with E-state index in [1.165, 1.54) is 0 Å². The van der Waals surface area contributed by atoms with Crippen molar-refractivity contribution in [2.75, 3.05) is 18.1 Å². The van der Waals surface area contributed by atoms with Crippen molar-refractivity contribution in [3.05, 3.63) is 58.9 Å². The summed E-state index contributed by atoms with van der Waals surface area (Å²) in [7, 11) is 0. The van der Waals surface area contributed by atoms with Crippen LogP contribution in [0.2, 0.25) is 5.02 Å². The number of anilines is 1. The maximum atomic E-state index is 12.3. The number of likely N-dealkylation sites (N-methyl/N-ethyl adjacent to an activating group) is 1. The average Bonchev–Trinajstić information content (AvgIpc) is 3.23. The summed E-state index contributed by atoms with van der Waals surface area (Å²) in [5.41, 5.74) is 2.20. The van der Waals surface area contributed by atoms with Gasteiger partial charge in [0.1, 0.15) is 5.75 Å². The molecule has 0 saturated heterocycles. The fourth-order valence-corrected chi connectivity index (χ4v) is 3.11. The number of ether oxygens (including phenoxy) is 1. The maximum absolute atomic E-state index is 12.3. The number of amides is 2. The number of fused-ring (bicyclic) bond motifs is 1. The van der Waals surface area contributed by atoms with E-state index in [1.54, 1.807) is 35.2 Å². The predicted molar refractivity (Wildman–Crippen MR) is 106 cm³/mol. The topological polar surface area (TPSA) is 97.6 Å². The molecule has 1 aliphatic heterocycles. The molecule has 9 heteroatoms. The summed E-state index contributed by atoms with van der Waals surface area (Å²) in [5, 5.41) is 7.22. The van der Waals surface area contributed by atoms with Gasteiger partial charge in [0.05, 0.1) is 5.69 Å². The molecule has 0 fully saturated rings. The van der Waals surface area contributed by atoms with E-state index in [9.17, 15) is 9.59 Å². The molecular weight excluding hydrogens is 396 g/mol. The molecule has 148 valence electrons. The van der Waals surface area contributed by atoms with Crippen molar-refractivity contribution in [1.29, 1.82) is 0 Å². The Hall–Kier alpha value is -3.39. The van der Waals surface area contributed by atoms with Crippen molar-refractivity contribution in [2.24, 2.45) is 0 Å². The van der Waals surface area contributed by atoms with Gasteiger partial charge in [0.15, 0.2) is 6.61 Å². The number of nitrogens with zero attached hydrogens (tertiary/aromatic N) is 3. The quantitative estimate of drug-likeness (QED) is 0.691. The molecule has 0 radical (unpaired) electrons. The smallest absolute Gasteiger partial charge is 0.316 e. The molecule has 0 spiro atoms. The number of benzene rings is 2. The molecule has 0 bridgehead atoms. The fraction of sp³-hybridized carbons (Fsp3) is 0.200. The van der Waals surface area contributed by atoms with Crippen LogP contribution in [0.4, 0.5) is 5.69 Å². The average molecular weight is 413 g/mol. The number of hydrogen-bond acceptors (Lipinski definition) is 6. The SMILES string of the molecule is CCN1C(=O)COc2cc(-c3noc(C(=O)NCc4ccc(Cl)cc4)n3)ccc21. The van der Waals surface area contributed by atoms with Gasteiger partial charge < -0.3 is 19.5 Å². The summed E-state index contributed by atoms with van der Waals surface area (Å²) in [6, 6.07) is 12.4. The van der Waals surface area contributed by atoms with E-state index in [-0.39, 0.29) is 24.2 Å². The van der Waals surface area contributed by atoms with Gasteiger partial charge in [0.25, 0.3) is 5.91 Å². The van der Waals surface area contributed by atoms with E-state index in [4.69, 9.17) is 20.9 Å². The summed E-state index contributed by atoms with van der Waals surface area (Å²) < 4.78 is 10.6. The van der Waals surface area contributed by atoms with Crippen LogP contribution in [0.5, 0.6) is 5.75 Å². The highest BCUT2D eigenvalue weighted by Crippen LogP contribution is 2.35. The van der Waals surface area contributed by atoms with Crippen LogP contribution >= 0.6 is 11.6 Å². The highest BCUT2D eigenvalue weighted by atomic mass is 35.5. The molecule has 0 aliphatic carbocycles. The van der Waals surface area contributed by atoms with Crippen LogP contribution in [-0.2, 0) is 11.3 Å². The maximum Gasteiger partial charge on any atom is 0.316 e. The Kier molecular flexibility index (Phi) is 5.18. The molecular formula is C20H17ClN4O4. The van der Waals surface area contributed by atoms with Crippen molar-refractivity contribution in [3.8, 4) is 17.1 Å². The van der Waals surface area contributed by atoms with E-state index < -0.39 is 5.91 Å². The Labute approximate surface area is 171 Å². The largest absolute Gasteiger partial charge is 0.482 e. The Morgan fingerprint density at radius 2 is 2.03 bits per heavy atom. The second kappa shape index (κ2) is 7.92. The first-order valence-electron chi connectivity index (χ1n) is 8.99. The minimum Gasteiger partial charge on any atom is -0.482 e. The minimum absolute atomic E-state index is 0.0190. The molecule has 0 saturated carbocycles. The number of carbonyl (C=O) groups excluding carboxylic acids is 2. The van der Waals surface area contributed by atoms with Crippen molar-refractivity contribution < 1.29 is 18.8 Å². The second-order valence-corrected chi connectivity index (χ2v) is 6.78. The van der Waals surface area contributed by atoms with Crippen molar-refractivity contribution in [1.82, 2.24) is 15.5 Å². The number of hydrogen-bond donors (Lipinski definition) is 1. The van der Waals surface area contributed by atoms with Crippen LogP contribution in [0.3, 0.4) is 0 Å². The molecule has 29 heavy (non-hydrogen) atoms. The standard InChI is InChI=1S/C20H17ClN4O4/c1-2-25-15-8-5-13(9-16(15)28-11-17(25)26)18-23-20(29-24-18)19(27)22-10-12-3-6-14(21)7-4-12/h3-9H,2,10-11H2,1H3,(H,22,27). The van der Waals surface area contributed by atoms with E-state index in [1.807, 2.05) is 19.1 Å². The molecule has 3 aromatic rings. The molecule has 2 heterocycles. The first-order valence-corrected chi connectivity index (χ1v) is 9.37. The molecule has 4 rings (SSSR count). The molecule has 0 atom stereocenters. The lowest BCUT2D eigenvalue weighted by atomic mass is 10.1. The molecule has 2 aromatic carbocycles. The summed E-state index contributed by atoms with van der Waals surface area (Å²) in [6.45, 7) is 2.74. The van der Waals surface area contributed by atoms with Gasteiger partial charge in [-0.2, -0.15) is 4.98 Å². The highest BCUT2D eigenvalue weighted by Gasteiger charge is 2.25. The highest BCUT2D eigenvalue weighted by molar-refractivity contribution is 6.30. The van der Waals surface area contributed by atoms with Crippen molar-refractivity contribution in [3.63, 3.8) is 0 Å². The molecule has 1 N–H and O–H groups in total. The van der Waals surface area contributed by atoms with Crippen LogP contribution < -0.4 is 15.0 Å². The third-order valence-electron chi connectivity index (χ3n) is 4.46. The number of aromatic nitrogens is 2. The van der Waals surface area contributed by atoms with Gasteiger partial charge in [-0.1, -0.05) is 28.9 Å². The Balaban J connectivity index is 1.48. The van der Waals surface area contributed by atoms with Gasteiger partial charge in [-0.3, -0.25) is 9.59 Å². The lowest BCUT2D eigenvalue weighted by Crippen LogP contribution is -2.38. The summed E-state index contributed by atoms with van der Waals surface area (Å²) >= 11 is 5.85. The molecule has 8 nitrogen and oxygen atoms in total. The van der Waals surface area contributed by atoms with Crippen LogP contribution in [0.25, 0.3) is 11.4 Å². The Bertz CT molecular complexity index is 1060. The minimum atomic E-state index is -0.476. The zero-order valence-corrected chi connectivity index (χ0v) is 16.3. The zero-order valence-electron chi connectivity index (χ0n) is 15.5. The van der Waals surface area contributed by atoms with Crippen molar-refractivity contribution >= 4 is 29.1 Å². The van der Waals surface area contributed by atoms with E-state index in [0.717, 1.165) is 5.56 Å². The van der Waals surface area contributed by atoms with Gasteiger partial charge in [-0.25, -0.2) is 0 Å². The number of rotatable bonds is 5. The molecule has 0 unspecified atom stereocenters. The Morgan fingerprint density at radius 3 is 2.79 bits per heavy atom. The van der Waals surface area contributed by atoms with Crippen molar-refractivity contribution in [2.45, 2.75) is 13.5 Å². The molecule has 1 aromatic heterocycles. The summed E-state index contributed by atoms with van der Waals surface area (Å²) in [4.78, 5) is 30.0. The van der Waals surface area contributed by atoms with E-state index in [2.05, 4.69) is 15.5 Å². The lowest BCUT2D eigenvalue weighted by molar-refractivity contribution is -0.121. The first kappa shape index (κ1) is 18.9. The molecule has 1 aliphatic rings. The summed E-state index contributed by atoms with van der Waals surface area (Å²) in [5.74, 6) is 0.107. The number of halogens is 1. The number of nitrogens with one attached hydrogen (secondary N) is 1. The van der Waals surface area contributed by atoms with E-state index in [0.29, 0.717) is 35.1 Å². The fourth-order valence-electron chi connectivity index (χ4n) is 2.98. The monoisotopic (exact) mass is 412 g/mol. The zero-order chi connectivity index (χ0) is 20.4. The van der Waals surface area contributed by atoms with Gasteiger partial charge in [0.2, 0.25) is 5.82 Å². The Morgan fingerprint density at radius 1 is 1.24 bits per heavy atom. The van der Waals surface area contributed by atoms with Crippen LogP contribution in [-0.4, -0.2) is 35.1 Å². The van der Waals surface area contributed by atoms with Gasteiger partial charge in [0, 0.05) is 23.7 Å². The van der Waals surface area contributed by atoms with Crippen LogP contribution in [0.15, 0.2) is 47.0 Å². The van der Waals surface area contributed by atoms with Crippen LogP contribution in [0.1, 0.15) is 23.2 Å². The second-order valence-electron chi connectivity index (χ2n) is 6.34. The lowest BCUT2D eigenvalue weighted by Gasteiger charge is -2.28. The van der Waals surface area contributed by atoms with Crippen LogP contribution in [0, 0.1) is 0 Å². The van der Waals surface area contributed by atoms with Gasteiger partial charge in [-0.15, -0.1) is 0 Å². The third-order valence-corrected chi connectivity index (χ3v) is 4.72.